The van der Waals surface area contributed by atoms with Crippen LogP contribution in [0.25, 0.3) is 11.3 Å². The third kappa shape index (κ3) is 1.29. The molecule has 0 bridgehead atoms. The van der Waals surface area contributed by atoms with Gasteiger partial charge in [-0.15, -0.1) is 0 Å². The zero-order chi connectivity index (χ0) is 8.39. The standard InChI is InChI=1S/C9H9NOS/c10-5-8-1-2-9(11-8)7-3-4-12-6-7/h1-4,6H,5,10H2. The van der Waals surface area contributed by atoms with Gasteiger partial charge in [-0.25, -0.2) is 0 Å². The van der Waals surface area contributed by atoms with E-state index >= 15 is 0 Å². The van der Waals surface area contributed by atoms with Crippen molar-refractivity contribution in [3.8, 4) is 11.3 Å². The first-order valence-electron chi connectivity index (χ1n) is 3.71. The lowest BCUT2D eigenvalue weighted by Gasteiger charge is -1.89. The largest absolute Gasteiger partial charge is 0.460 e. The monoisotopic (exact) mass is 179 g/mol. The maximum Gasteiger partial charge on any atom is 0.135 e. The van der Waals surface area contributed by atoms with Gasteiger partial charge in [-0.1, -0.05) is 0 Å². The second kappa shape index (κ2) is 3.13. The molecular weight excluding hydrogens is 170 g/mol. The third-order valence-corrected chi connectivity index (χ3v) is 2.35. The summed E-state index contributed by atoms with van der Waals surface area (Å²) < 4.78 is 5.46. The molecule has 0 aliphatic heterocycles. The van der Waals surface area contributed by atoms with Crippen LogP contribution in [0, 0.1) is 0 Å². The van der Waals surface area contributed by atoms with Gasteiger partial charge in [-0.2, -0.15) is 11.3 Å². The maximum atomic E-state index is 5.46. The minimum atomic E-state index is 0.462. The van der Waals surface area contributed by atoms with E-state index in [1.54, 1.807) is 11.3 Å². The molecule has 2 heterocycles. The summed E-state index contributed by atoms with van der Waals surface area (Å²) in [6.07, 6.45) is 0. The van der Waals surface area contributed by atoms with E-state index < -0.39 is 0 Å². The molecule has 0 saturated carbocycles. The second-order valence-electron chi connectivity index (χ2n) is 2.48. The minimum Gasteiger partial charge on any atom is -0.460 e. The van der Waals surface area contributed by atoms with Crippen LogP contribution >= 0.6 is 11.3 Å². The Kier molecular flexibility index (Phi) is 1.98. The SMILES string of the molecule is NCc1ccc(-c2ccsc2)o1. The van der Waals surface area contributed by atoms with E-state index in [2.05, 4.69) is 5.38 Å². The van der Waals surface area contributed by atoms with Gasteiger partial charge in [0.1, 0.15) is 11.5 Å². The Morgan fingerprint density at radius 2 is 2.25 bits per heavy atom. The van der Waals surface area contributed by atoms with Crippen molar-refractivity contribution in [1.82, 2.24) is 0 Å². The molecule has 0 radical (unpaired) electrons. The lowest BCUT2D eigenvalue weighted by molar-refractivity contribution is 0.525. The molecular formula is C9H9NOS. The molecule has 2 N–H and O–H groups in total. The zero-order valence-electron chi connectivity index (χ0n) is 6.49. The lowest BCUT2D eigenvalue weighted by Crippen LogP contribution is -1.92. The Balaban J connectivity index is 2.35. The van der Waals surface area contributed by atoms with E-state index in [1.165, 1.54) is 0 Å². The van der Waals surface area contributed by atoms with E-state index in [9.17, 15) is 0 Å². The number of nitrogens with two attached hydrogens (primary N) is 1. The van der Waals surface area contributed by atoms with Crippen molar-refractivity contribution in [3.63, 3.8) is 0 Å². The van der Waals surface area contributed by atoms with Crippen molar-refractivity contribution in [2.45, 2.75) is 6.54 Å². The summed E-state index contributed by atoms with van der Waals surface area (Å²) in [7, 11) is 0. The van der Waals surface area contributed by atoms with Gasteiger partial charge in [0.05, 0.1) is 6.54 Å². The highest BCUT2D eigenvalue weighted by Crippen LogP contribution is 2.23. The maximum absolute atomic E-state index is 5.46. The van der Waals surface area contributed by atoms with Gasteiger partial charge in [-0.3, -0.25) is 0 Å². The summed E-state index contributed by atoms with van der Waals surface area (Å²) >= 11 is 1.66. The summed E-state index contributed by atoms with van der Waals surface area (Å²) in [6, 6.07) is 5.89. The number of thiophene rings is 1. The first kappa shape index (κ1) is 7.58. The number of hydrogen-bond donors (Lipinski definition) is 1. The van der Waals surface area contributed by atoms with Crippen molar-refractivity contribution in [1.29, 1.82) is 0 Å². The first-order valence-corrected chi connectivity index (χ1v) is 4.66. The van der Waals surface area contributed by atoms with Crippen molar-refractivity contribution >= 4 is 11.3 Å². The van der Waals surface area contributed by atoms with E-state index in [1.807, 2.05) is 23.6 Å². The van der Waals surface area contributed by atoms with Crippen molar-refractivity contribution < 1.29 is 4.42 Å². The van der Waals surface area contributed by atoms with Crippen LogP contribution in [0.2, 0.25) is 0 Å². The Morgan fingerprint density at radius 3 is 2.83 bits per heavy atom. The minimum absolute atomic E-state index is 0.462. The van der Waals surface area contributed by atoms with Crippen LogP contribution in [0.15, 0.2) is 33.4 Å². The van der Waals surface area contributed by atoms with Crippen LogP contribution < -0.4 is 5.73 Å². The van der Waals surface area contributed by atoms with Crippen LogP contribution in [0.1, 0.15) is 5.76 Å². The van der Waals surface area contributed by atoms with E-state index in [4.69, 9.17) is 10.2 Å². The van der Waals surface area contributed by atoms with Crippen LogP contribution in [0.5, 0.6) is 0 Å². The predicted octanol–water partition coefficient (Wildman–Crippen LogP) is 2.47. The molecule has 0 saturated heterocycles. The van der Waals surface area contributed by atoms with Crippen molar-refractivity contribution in [2.75, 3.05) is 0 Å². The summed E-state index contributed by atoms with van der Waals surface area (Å²) in [5.74, 6) is 1.73. The normalized spacial score (nSPS) is 10.4. The summed E-state index contributed by atoms with van der Waals surface area (Å²) in [5.41, 5.74) is 6.55. The molecule has 2 rings (SSSR count). The van der Waals surface area contributed by atoms with Crippen molar-refractivity contribution in [2.24, 2.45) is 5.73 Å². The lowest BCUT2D eigenvalue weighted by atomic mass is 10.3. The summed E-state index contributed by atoms with van der Waals surface area (Å²) in [5, 5.41) is 4.08. The molecule has 0 unspecified atom stereocenters. The molecule has 0 spiro atoms. The fourth-order valence-electron chi connectivity index (χ4n) is 1.05. The molecule has 2 aromatic heterocycles. The Hall–Kier alpha value is -1.06. The molecule has 2 nitrogen and oxygen atoms in total. The summed E-state index contributed by atoms with van der Waals surface area (Å²) in [4.78, 5) is 0. The fourth-order valence-corrected chi connectivity index (χ4v) is 1.69. The van der Waals surface area contributed by atoms with Crippen LogP contribution in [-0.2, 0) is 6.54 Å². The molecule has 0 aromatic carbocycles. The number of hydrogen-bond acceptors (Lipinski definition) is 3. The molecule has 0 fully saturated rings. The molecule has 0 amide bonds. The quantitative estimate of drug-likeness (QED) is 0.769. The van der Waals surface area contributed by atoms with E-state index in [-0.39, 0.29) is 0 Å². The predicted molar refractivity (Wildman–Crippen MR) is 49.9 cm³/mol. The Labute approximate surface area is 74.6 Å². The van der Waals surface area contributed by atoms with E-state index in [0.29, 0.717) is 6.54 Å². The molecule has 0 aliphatic carbocycles. The van der Waals surface area contributed by atoms with Gasteiger partial charge in [-0.05, 0) is 23.6 Å². The van der Waals surface area contributed by atoms with Gasteiger partial charge >= 0.3 is 0 Å². The molecule has 3 heteroatoms. The highest BCUT2D eigenvalue weighted by molar-refractivity contribution is 7.08. The van der Waals surface area contributed by atoms with Gasteiger partial charge in [0.25, 0.3) is 0 Å². The van der Waals surface area contributed by atoms with Crippen LogP contribution in [0.4, 0.5) is 0 Å². The molecule has 2 aromatic rings. The van der Waals surface area contributed by atoms with Gasteiger partial charge in [0.2, 0.25) is 0 Å². The highest BCUT2D eigenvalue weighted by Gasteiger charge is 2.02. The fraction of sp³-hybridized carbons (Fsp3) is 0.111. The first-order chi connectivity index (χ1) is 5.90. The van der Waals surface area contributed by atoms with Crippen LogP contribution in [0.3, 0.4) is 0 Å². The average molecular weight is 179 g/mol. The Morgan fingerprint density at radius 1 is 1.33 bits per heavy atom. The van der Waals surface area contributed by atoms with Crippen molar-refractivity contribution in [3.05, 3.63) is 34.7 Å². The zero-order valence-corrected chi connectivity index (χ0v) is 7.30. The molecule has 0 atom stereocenters. The second-order valence-corrected chi connectivity index (χ2v) is 3.26. The number of furan rings is 1. The number of rotatable bonds is 2. The molecule has 12 heavy (non-hydrogen) atoms. The smallest absolute Gasteiger partial charge is 0.135 e. The van der Waals surface area contributed by atoms with Crippen LogP contribution in [-0.4, -0.2) is 0 Å². The van der Waals surface area contributed by atoms with Gasteiger partial charge in [0.15, 0.2) is 0 Å². The highest BCUT2D eigenvalue weighted by atomic mass is 32.1. The average Bonchev–Trinajstić information content (AvgIpc) is 2.75. The third-order valence-electron chi connectivity index (χ3n) is 1.67. The Bertz CT molecular complexity index is 350. The van der Waals surface area contributed by atoms with Gasteiger partial charge < -0.3 is 10.2 Å². The van der Waals surface area contributed by atoms with Gasteiger partial charge in [0, 0.05) is 10.9 Å². The molecule has 62 valence electrons. The topological polar surface area (TPSA) is 39.2 Å². The summed E-state index contributed by atoms with van der Waals surface area (Å²) in [6.45, 7) is 0.462. The molecule has 0 aliphatic rings. The van der Waals surface area contributed by atoms with E-state index in [0.717, 1.165) is 17.1 Å².